The molecule has 3 aromatic rings. The molecule has 0 amide bonds. The van der Waals surface area contributed by atoms with Crippen LogP contribution in [0.3, 0.4) is 0 Å². The predicted molar refractivity (Wildman–Crippen MR) is 97.9 cm³/mol. The highest BCUT2D eigenvalue weighted by Crippen LogP contribution is 2.35. The van der Waals surface area contributed by atoms with E-state index < -0.39 is 0 Å². The summed E-state index contributed by atoms with van der Waals surface area (Å²) in [5.41, 5.74) is 4.63. The van der Waals surface area contributed by atoms with E-state index >= 15 is 0 Å². The smallest absolute Gasteiger partial charge is 0.226 e. The molecule has 25 heavy (non-hydrogen) atoms. The molecule has 1 aliphatic carbocycles. The van der Waals surface area contributed by atoms with Gasteiger partial charge < -0.3 is 10.0 Å². The van der Waals surface area contributed by atoms with Gasteiger partial charge in [-0.25, -0.2) is 15.0 Å². The number of aromatic hydroxyl groups is 1. The van der Waals surface area contributed by atoms with E-state index in [-0.39, 0.29) is 5.88 Å². The van der Waals surface area contributed by atoms with Crippen LogP contribution in [0.15, 0.2) is 30.5 Å². The molecular formula is C20H20N4O. The van der Waals surface area contributed by atoms with Gasteiger partial charge in [-0.1, -0.05) is 12.1 Å². The van der Waals surface area contributed by atoms with Crippen LogP contribution in [-0.4, -0.2) is 32.6 Å². The first kappa shape index (κ1) is 14.6. The van der Waals surface area contributed by atoms with Crippen molar-refractivity contribution in [3.63, 3.8) is 0 Å². The minimum absolute atomic E-state index is 0.0488. The molecule has 1 aliphatic heterocycles. The van der Waals surface area contributed by atoms with Gasteiger partial charge in [0.2, 0.25) is 11.8 Å². The molecule has 1 fully saturated rings. The molecule has 5 rings (SSSR count). The average molecular weight is 332 g/mol. The van der Waals surface area contributed by atoms with Gasteiger partial charge in [-0.3, -0.25) is 0 Å². The molecule has 126 valence electrons. The van der Waals surface area contributed by atoms with Crippen LogP contribution in [0.25, 0.3) is 22.0 Å². The van der Waals surface area contributed by atoms with Crippen molar-refractivity contribution in [2.75, 3.05) is 11.4 Å². The molecule has 0 unspecified atom stereocenters. The normalized spacial score (nSPS) is 19.1. The Labute approximate surface area is 146 Å². The van der Waals surface area contributed by atoms with Crippen molar-refractivity contribution in [3.05, 3.63) is 41.7 Å². The largest absolute Gasteiger partial charge is 0.493 e. The van der Waals surface area contributed by atoms with Crippen LogP contribution >= 0.6 is 0 Å². The summed E-state index contributed by atoms with van der Waals surface area (Å²) in [6.07, 6.45) is 6.14. The fourth-order valence-corrected chi connectivity index (χ4v) is 3.88. The van der Waals surface area contributed by atoms with Crippen molar-refractivity contribution in [2.24, 2.45) is 0 Å². The maximum atomic E-state index is 9.69. The van der Waals surface area contributed by atoms with Gasteiger partial charge >= 0.3 is 0 Å². The van der Waals surface area contributed by atoms with Crippen molar-refractivity contribution in [1.82, 2.24) is 15.0 Å². The van der Waals surface area contributed by atoms with Crippen LogP contribution in [-0.2, 0) is 12.8 Å². The predicted octanol–water partition coefficient (Wildman–Crippen LogP) is 3.48. The number of nitrogens with zero attached hydrogens (tertiary/aromatic N) is 4. The molecule has 0 radical (unpaired) electrons. The Balaban J connectivity index is 1.68. The summed E-state index contributed by atoms with van der Waals surface area (Å²) >= 11 is 0. The van der Waals surface area contributed by atoms with Crippen LogP contribution < -0.4 is 4.90 Å². The summed E-state index contributed by atoms with van der Waals surface area (Å²) in [6.45, 7) is 3.27. The van der Waals surface area contributed by atoms with E-state index in [1.807, 2.05) is 6.07 Å². The lowest BCUT2D eigenvalue weighted by atomic mass is 10.0. The van der Waals surface area contributed by atoms with Crippen LogP contribution in [0.4, 0.5) is 5.95 Å². The van der Waals surface area contributed by atoms with Crippen LogP contribution in [0, 0.1) is 0 Å². The molecule has 2 aromatic heterocycles. The molecule has 0 bridgehead atoms. The van der Waals surface area contributed by atoms with E-state index in [2.05, 4.69) is 28.9 Å². The molecule has 1 N–H and O–H groups in total. The number of aryl methyl sites for hydroxylation is 1. The van der Waals surface area contributed by atoms with Gasteiger partial charge in [0.25, 0.3) is 0 Å². The maximum absolute atomic E-state index is 9.69. The maximum Gasteiger partial charge on any atom is 0.226 e. The average Bonchev–Trinajstić information content (AvgIpc) is 3.07. The first-order valence-corrected chi connectivity index (χ1v) is 8.94. The van der Waals surface area contributed by atoms with Crippen LogP contribution in [0.5, 0.6) is 5.88 Å². The Morgan fingerprint density at radius 3 is 2.84 bits per heavy atom. The molecule has 0 spiro atoms. The van der Waals surface area contributed by atoms with Gasteiger partial charge in [-0.2, -0.15) is 0 Å². The van der Waals surface area contributed by atoms with Gasteiger partial charge in [0.1, 0.15) is 0 Å². The number of anilines is 1. The third kappa shape index (κ3) is 2.34. The quantitative estimate of drug-likeness (QED) is 0.778. The summed E-state index contributed by atoms with van der Waals surface area (Å²) in [5.74, 6) is 0.916. The number of aromatic nitrogens is 3. The number of pyridine rings is 1. The highest BCUT2D eigenvalue weighted by molar-refractivity contribution is 5.87. The third-order valence-corrected chi connectivity index (χ3v) is 5.48. The number of benzene rings is 1. The molecular weight excluding hydrogens is 312 g/mol. The zero-order valence-electron chi connectivity index (χ0n) is 14.2. The van der Waals surface area contributed by atoms with E-state index in [0.29, 0.717) is 6.04 Å². The number of hydrogen-bond acceptors (Lipinski definition) is 5. The monoisotopic (exact) mass is 332 g/mol. The third-order valence-electron chi connectivity index (χ3n) is 5.48. The minimum Gasteiger partial charge on any atom is -0.493 e. The first-order chi connectivity index (χ1) is 12.2. The van der Waals surface area contributed by atoms with Crippen molar-refractivity contribution < 1.29 is 5.11 Å². The van der Waals surface area contributed by atoms with Crippen molar-refractivity contribution in [2.45, 2.75) is 38.6 Å². The SMILES string of the molecule is C[C@H]1CCN1c1nc2c(c(-c3ccc4cnc(O)cc4c3)n1)CCC2. The van der Waals surface area contributed by atoms with Crippen molar-refractivity contribution in [1.29, 1.82) is 0 Å². The summed E-state index contributed by atoms with van der Waals surface area (Å²) in [6, 6.07) is 8.48. The standard InChI is InChI=1S/C20H20N4O/c1-12-7-8-24(12)20-22-17-4-2-3-16(17)19(23-20)13-5-6-14-11-21-18(25)10-15(14)9-13/h5-6,9-12H,2-4,7-8H2,1H3,(H,21,25)/t12-/m0/s1. The van der Waals surface area contributed by atoms with Gasteiger partial charge in [0.05, 0.1) is 5.69 Å². The second-order valence-electron chi connectivity index (χ2n) is 7.09. The lowest BCUT2D eigenvalue weighted by Crippen LogP contribution is -2.46. The molecule has 1 atom stereocenters. The van der Waals surface area contributed by atoms with Crippen molar-refractivity contribution in [3.8, 4) is 17.1 Å². The Hall–Kier alpha value is -2.69. The highest BCUT2D eigenvalue weighted by Gasteiger charge is 2.29. The topological polar surface area (TPSA) is 62.1 Å². The summed E-state index contributed by atoms with van der Waals surface area (Å²) < 4.78 is 0. The van der Waals surface area contributed by atoms with Crippen LogP contribution in [0.2, 0.25) is 0 Å². The molecule has 2 aliphatic rings. The molecule has 1 saturated heterocycles. The van der Waals surface area contributed by atoms with Crippen molar-refractivity contribution >= 4 is 16.7 Å². The Morgan fingerprint density at radius 2 is 2.04 bits per heavy atom. The molecule has 5 heteroatoms. The Morgan fingerprint density at radius 1 is 1.12 bits per heavy atom. The van der Waals surface area contributed by atoms with Crippen LogP contribution in [0.1, 0.15) is 31.0 Å². The van der Waals surface area contributed by atoms with E-state index in [0.717, 1.165) is 53.8 Å². The number of fused-ring (bicyclic) bond motifs is 2. The Bertz CT molecular complexity index is 985. The summed E-state index contributed by atoms with van der Waals surface area (Å²) in [7, 11) is 0. The lowest BCUT2D eigenvalue weighted by Gasteiger charge is -2.39. The molecule has 0 saturated carbocycles. The van der Waals surface area contributed by atoms with E-state index in [9.17, 15) is 5.11 Å². The van der Waals surface area contributed by atoms with Gasteiger partial charge in [-0.15, -0.1) is 0 Å². The molecule has 1 aromatic carbocycles. The van der Waals surface area contributed by atoms with Gasteiger partial charge in [0.15, 0.2) is 0 Å². The summed E-state index contributed by atoms with van der Waals surface area (Å²) in [4.78, 5) is 16.1. The zero-order chi connectivity index (χ0) is 17.0. The zero-order valence-corrected chi connectivity index (χ0v) is 14.2. The number of hydrogen-bond donors (Lipinski definition) is 1. The van der Waals surface area contributed by atoms with E-state index in [4.69, 9.17) is 9.97 Å². The van der Waals surface area contributed by atoms with E-state index in [1.54, 1.807) is 12.3 Å². The molecule has 3 heterocycles. The minimum atomic E-state index is 0.0488. The van der Waals surface area contributed by atoms with Gasteiger partial charge in [0, 0.05) is 47.1 Å². The van der Waals surface area contributed by atoms with E-state index in [1.165, 1.54) is 17.7 Å². The Kier molecular flexibility index (Phi) is 3.17. The molecule has 5 nitrogen and oxygen atoms in total. The first-order valence-electron chi connectivity index (χ1n) is 8.94. The second kappa shape index (κ2) is 5.41. The summed E-state index contributed by atoms with van der Waals surface area (Å²) in [5, 5.41) is 11.7. The number of rotatable bonds is 2. The fraction of sp³-hybridized carbons (Fsp3) is 0.350. The highest BCUT2D eigenvalue weighted by atomic mass is 16.3. The van der Waals surface area contributed by atoms with Gasteiger partial charge in [-0.05, 0) is 44.1 Å². The lowest BCUT2D eigenvalue weighted by molar-refractivity contribution is 0.454. The fourth-order valence-electron chi connectivity index (χ4n) is 3.88. The second-order valence-corrected chi connectivity index (χ2v) is 7.09.